The van der Waals surface area contributed by atoms with E-state index in [1.807, 2.05) is 31.4 Å². The smallest absolute Gasteiger partial charge is 0.254 e. The number of aryl methyl sites for hydroxylation is 1. The first-order valence-corrected chi connectivity index (χ1v) is 15.1. The molecule has 38 heavy (non-hydrogen) atoms. The summed E-state index contributed by atoms with van der Waals surface area (Å²) in [6.07, 6.45) is 6.84. The molecule has 2 aliphatic rings. The van der Waals surface area contributed by atoms with E-state index in [1.165, 1.54) is 37.4 Å². The summed E-state index contributed by atoms with van der Waals surface area (Å²) in [5.41, 5.74) is 4.08. The third-order valence-corrected chi connectivity index (χ3v) is 9.38. The van der Waals surface area contributed by atoms with Gasteiger partial charge in [0.15, 0.2) is 0 Å². The van der Waals surface area contributed by atoms with Crippen molar-refractivity contribution in [3.63, 3.8) is 0 Å². The van der Waals surface area contributed by atoms with Gasteiger partial charge in [-0.15, -0.1) is 11.8 Å². The Morgan fingerprint density at radius 1 is 1.18 bits per heavy atom. The average molecular weight is 537 g/mol. The highest BCUT2D eigenvalue weighted by Crippen LogP contribution is 2.39. The number of fused-ring (bicyclic) bond motifs is 1. The number of aromatic amines is 1. The molecule has 1 aromatic carbocycles. The lowest BCUT2D eigenvalue weighted by molar-refractivity contribution is -0.00743. The zero-order valence-electron chi connectivity index (χ0n) is 22.9. The number of benzene rings is 1. The van der Waals surface area contributed by atoms with Gasteiger partial charge >= 0.3 is 0 Å². The van der Waals surface area contributed by atoms with E-state index < -0.39 is 0 Å². The van der Waals surface area contributed by atoms with Crippen LogP contribution in [0.25, 0.3) is 10.9 Å². The zero-order chi connectivity index (χ0) is 26.8. The molecule has 1 amide bonds. The van der Waals surface area contributed by atoms with Crippen LogP contribution in [-0.2, 0) is 11.3 Å². The quantitative estimate of drug-likeness (QED) is 0.337. The number of hydrogen-bond acceptors (Lipinski definition) is 5. The second kappa shape index (κ2) is 11.7. The van der Waals surface area contributed by atoms with E-state index >= 15 is 0 Å². The Hall–Kier alpha value is -2.55. The van der Waals surface area contributed by atoms with Crippen molar-refractivity contribution in [2.45, 2.75) is 70.0 Å². The van der Waals surface area contributed by atoms with Crippen LogP contribution < -0.4 is 16.2 Å². The van der Waals surface area contributed by atoms with Gasteiger partial charge in [-0.05, 0) is 83.2 Å². The third kappa shape index (κ3) is 5.44. The van der Waals surface area contributed by atoms with Crippen LogP contribution in [0.3, 0.4) is 0 Å². The largest absolute Gasteiger partial charge is 0.378 e. The van der Waals surface area contributed by atoms with Crippen LogP contribution >= 0.6 is 11.8 Å². The Labute approximate surface area is 229 Å². The van der Waals surface area contributed by atoms with Crippen LogP contribution in [0.4, 0.5) is 0 Å². The number of ether oxygens (including phenoxy) is 1. The predicted molar refractivity (Wildman–Crippen MR) is 154 cm³/mol. The molecule has 1 aliphatic heterocycles. The lowest BCUT2D eigenvalue weighted by Gasteiger charge is -2.35. The van der Waals surface area contributed by atoms with Gasteiger partial charge < -0.3 is 24.9 Å². The summed E-state index contributed by atoms with van der Waals surface area (Å²) in [7, 11) is 0. The normalized spacial score (nSPS) is 20.8. The molecule has 0 spiro atoms. The number of amides is 1. The summed E-state index contributed by atoms with van der Waals surface area (Å²) >= 11 is 1.52. The van der Waals surface area contributed by atoms with Crippen molar-refractivity contribution >= 4 is 28.6 Å². The molecular weight excluding hydrogens is 496 g/mol. The highest BCUT2D eigenvalue weighted by atomic mass is 32.2. The molecule has 1 aliphatic carbocycles. The van der Waals surface area contributed by atoms with Gasteiger partial charge in [0.2, 0.25) is 0 Å². The molecule has 204 valence electrons. The molecule has 2 aromatic heterocycles. The van der Waals surface area contributed by atoms with E-state index in [0.717, 1.165) is 52.9 Å². The van der Waals surface area contributed by atoms with Gasteiger partial charge in [-0.25, -0.2) is 0 Å². The number of carbonyl (C=O) groups excluding carboxylic acids is 1. The minimum atomic E-state index is -0.144. The molecule has 1 saturated carbocycles. The molecular formula is C30H40N4O3S. The lowest BCUT2D eigenvalue weighted by atomic mass is 9.78. The number of rotatable bonds is 9. The van der Waals surface area contributed by atoms with E-state index in [1.54, 1.807) is 0 Å². The maximum absolute atomic E-state index is 13.6. The summed E-state index contributed by atoms with van der Waals surface area (Å²) in [5.74, 6) is 1.18. The van der Waals surface area contributed by atoms with Crippen molar-refractivity contribution < 1.29 is 9.53 Å². The predicted octanol–water partition coefficient (Wildman–Crippen LogP) is 4.95. The molecule has 7 nitrogen and oxygen atoms in total. The summed E-state index contributed by atoms with van der Waals surface area (Å²) in [6, 6.07) is 11.0. The Morgan fingerprint density at radius 2 is 1.92 bits per heavy atom. The first kappa shape index (κ1) is 27.0. The van der Waals surface area contributed by atoms with E-state index in [-0.39, 0.29) is 18.0 Å². The Kier molecular flexibility index (Phi) is 8.31. The van der Waals surface area contributed by atoms with Crippen molar-refractivity contribution in [3.8, 4) is 0 Å². The SMILES string of the molecule is CSc1cc(C)[nH]c(=O)c1CNC(=O)c1c(C)n([C@H](C)C2CCC(CNC3COC3)CC2)c2ccccc12. The lowest BCUT2D eigenvalue weighted by Crippen LogP contribution is -2.47. The maximum atomic E-state index is 13.6. The molecule has 8 heteroatoms. The van der Waals surface area contributed by atoms with Crippen LogP contribution in [0.2, 0.25) is 0 Å². The van der Waals surface area contributed by atoms with Crippen molar-refractivity contribution in [1.82, 2.24) is 20.2 Å². The fraction of sp³-hybridized carbons (Fsp3) is 0.533. The first-order chi connectivity index (χ1) is 18.4. The second-order valence-electron chi connectivity index (χ2n) is 11.0. The fourth-order valence-electron chi connectivity index (χ4n) is 6.27. The highest BCUT2D eigenvalue weighted by Gasteiger charge is 2.30. The number of aromatic nitrogens is 2. The van der Waals surface area contributed by atoms with Crippen molar-refractivity contribution in [3.05, 3.63) is 63.2 Å². The number of carbonyl (C=O) groups is 1. The zero-order valence-corrected chi connectivity index (χ0v) is 23.7. The monoisotopic (exact) mass is 536 g/mol. The summed E-state index contributed by atoms with van der Waals surface area (Å²) in [4.78, 5) is 29.9. The number of pyridine rings is 1. The number of thioether (sulfide) groups is 1. The van der Waals surface area contributed by atoms with Crippen molar-refractivity contribution in [2.75, 3.05) is 26.0 Å². The van der Waals surface area contributed by atoms with Gasteiger partial charge in [0.05, 0.1) is 24.8 Å². The van der Waals surface area contributed by atoms with Gasteiger partial charge in [0.25, 0.3) is 11.5 Å². The molecule has 0 radical (unpaired) electrons. The molecule has 5 rings (SSSR count). The topological polar surface area (TPSA) is 88.2 Å². The van der Waals surface area contributed by atoms with Gasteiger partial charge in [-0.3, -0.25) is 9.59 Å². The number of H-pyrrole nitrogens is 1. The molecule has 3 aromatic rings. The van der Waals surface area contributed by atoms with E-state index in [0.29, 0.717) is 29.1 Å². The van der Waals surface area contributed by atoms with E-state index in [9.17, 15) is 9.59 Å². The summed E-state index contributed by atoms with van der Waals surface area (Å²) in [6.45, 7) is 9.24. The third-order valence-electron chi connectivity index (χ3n) is 8.57. The maximum Gasteiger partial charge on any atom is 0.254 e. The van der Waals surface area contributed by atoms with Crippen molar-refractivity contribution in [2.24, 2.45) is 11.8 Å². The summed E-state index contributed by atoms with van der Waals surface area (Å²) < 4.78 is 7.67. The molecule has 3 heterocycles. The van der Waals surface area contributed by atoms with Crippen LogP contribution in [0, 0.1) is 25.7 Å². The van der Waals surface area contributed by atoms with E-state index in [4.69, 9.17) is 4.74 Å². The minimum absolute atomic E-state index is 0.133. The van der Waals surface area contributed by atoms with Crippen LogP contribution in [-0.4, -0.2) is 47.5 Å². The first-order valence-electron chi connectivity index (χ1n) is 13.8. The van der Waals surface area contributed by atoms with Gasteiger partial charge in [0, 0.05) is 45.3 Å². The molecule has 1 saturated heterocycles. The minimum Gasteiger partial charge on any atom is -0.378 e. The van der Waals surface area contributed by atoms with Gasteiger partial charge in [-0.2, -0.15) is 0 Å². The van der Waals surface area contributed by atoms with Crippen LogP contribution in [0.15, 0.2) is 40.0 Å². The molecule has 3 N–H and O–H groups in total. The molecule has 1 atom stereocenters. The fourth-order valence-corrected chi connectivity index (χ4v) is 6.97. The Morgan fingerprint density at radius 3 is 2.61 bits per heavy atom. The average Bonchev–Trinajstić information content (AvgIpc) is 3.18. The van der Waals surface area contributed by atoms with E-state index in [2.05, 4.69) is 46.2 Å². The van der Waals surface area contributed by atoms with Crippen LogP contribution in [0.5, 0.6) is 0 Å². The van der Waals surface area contributed by atoms with Gasteiger partial charge in [0.1, 0.15) is 0 Å². The van der Waals surface area contributed by atoms with Gasteiger partial charge in [-0.1, -0.05) is 18.2 Å². The standard InChI is InChI=1S/C30H40N4O3S/c1-18-13-27(38-4)25(29(35)33-18)15-32-30(36)28-20(3)34(26-8-6-5-7-24(26)28)19(2)22-11-9-21(10-12-22)14-31-23-16-37-17-23/h5-8,13,19,21-23,31H,9-12,14-17H2,1-4H3,(H,32,36)(H,33,35)/t19-,21?,22?/m1/s1. The Bertz CT molecular complexity index is 1350. The molecule has 0 unspecified atom stereocenters. The summed E-state index contributed by atoms with van der Waals surface area (Å²) in [5, 5.41) is 7.68. The Balaban J connectivity index is 1.33. The molecule has 2 fully saturated rings. The number of nitrogens with one attached hydrogen (secondary N) is 3. The second-order valence-corrected chi connectivity index (χ2v) is 11.9. The number of nitrogens with zero attached hydrogens (tertiary/aromatic N) is 1. The number of para-hydroxylation sites is 1. The molecule has 0 bridgehead atoms. The highest BCUT2D eigenvalue weighted by molar-refractivity contribution is 7.98. The van der Waals surface area contributed by atoms with Crippen molar-refractivity contribution in [1.29, 1.82) is 0 Å². The number of hydrogen-bond donors (Lipinski definition) is 3. The van der Waals surface area contributed by atoms with Crippen LogP contribution in [0.1, 0.15) is 66.0 Å².